The predicted molar refractivity (Wildman–Crippen MR) is 67.4 cm³/mol. The molecule has 8 heteroatoms. The van der Waals surface area contributed by atoms with Crippen LogP contribution in [-0.4, -0.2) is 36.2 Å². The first kappa shape index (κ1) is 14.0. The van der Waals surface area contributed by atoms with Crippen LogP contribution in [0.15, 0.2) is 4.90 Å². The first-order valence-corrected chi connectivity index (χ1v) is 7.68. The average Bonchev–Trinajstić information content (AvgIpc) is 2.95. The van der Waals surface area contributed by atoms with Crippen molar-refractivity contribution in [1.82, 2.24) is 14.9 Å². The quantitative estimate of drug-likeness (QED) is 0.744. The van der Waals surface area contributed by atoms with Crippen molar-refractivity contribution in [3.8, 4) is 0 Å². The number of hydrogen-bond donors (Lipinski definition) is 3. The molecule has 0 amide bonds. The second-order valence-electron chi connectivity index (χ2n) is 4.83. The van der Waals surface area contributed by atoms with Crippen LogP contribution >= 0.6 is 0 Å². The maximum absolute atomic E-state index is 12.2. The van der Waals surface area contributed by atoms with Crippen molar-refractivity contribution in [2.24, 2.45) is 5.92 Å². The van der Waals surface area contributed by atoms with Crippen molar-refractivity contribution in [3.63, 3.8) is 0 Å². The lowest BCUT2D eigenvalue weighted by Crippen LogP contribution is -2.29. The summed E-state index contributed by atoms with van der Waals surface area (Å²) in [5, 5.41) is 14.9. The smallest absolute Gasteiger partial charge is 0.357 e. The van der Waals surface area contributed by atoms with Crippen LogP contribution in [0.25, 0.3) is 0 Å². The molecule has 0 spiro atoms. The molecule has 0 saturated heterocycles. The molecule has 1 aliphatic carbocycles. The van der Waals surface area contributed by atoms with Gasteiger partial charge in [-0.05, 0) is 25.7 Å². The van der Waals surface area contributed by atoms with Crippen molar-refractivity contribution < 1.29 is 18.3 Å². The number of hydrogen-bond acceptors (Lipinski definition) is 4. The molecule has 0 aliphatic heterocycles. The summed E-state index contributed by atoms with van der Waals surface area (Å²) in [5.41, 5.74) is -0.229. The molecule has 2 rings (SSSR count). The zero-order valence-electron chi connectivity index (χ0n) is 10.6. The summed E-state index contributed by atoms with van der Waals surface area (Å²) < 4.78 is 26.8. The molecule has 19 heavy (non-hydrogen) atoms. The minimum Gasteiger partial charge on any atom is -0.476 e. The maximum atomic E-state index is 12.2. The Bertz CT molecular complexity index is 573. The molecule has 1 aromatic heterocycles. The van der Waals surface area contributed by atoms with Gasteiger partial charge in [0.05, 0.1) is 5.69 Å². The number of carbonyl (C=O) groups is 1. The Kier molecular flexibility index (Phi) is 3.91. The molecule has 3 N–H and O–H groups in total. The summed E-state index contributed by atoms with van der Waals surface area (Å²) in [6.07, 6.45) is 4.27. The van der Waals surface area contributed by atoms with E-state index in [-0.39, 0.29) is 10.6 Å². The van der Waals surface area contributed by atoms with Crippen LogP contribution in [0.3, 0.4) is 0 Å². The topological polar surface area (TPSA) is 112 Å². The van der Waals surface area contributed by atoms with E-state index in [1.165, 1.54) is 6.92 Å². The van der Waals surface area contributed by atoms with Crippen LogP contribution in [0.4, 0.5) is 0 Å². The second-order valence-corrected chi connectivity index (χ2v) is 6.54. The largest absolute Gasteiger partial charge is 0.476 e. The lowest BCUT2D eigenvalue weighted by atomic mass is 10.1. The zero-order valence-corrected chi connectivity index (χ0v) is 11.5. The van der Waals surface area contributed by atoms with Crippen LogP contribution in [0.1, 0.15) is 41.9 Å². The number of carboxylic acid groups (broad SMARTS) is 1. The summed E-state index contributed by atoms with van der Waals surface area (Å²) in [6.45, 7) is 1.84. The van der Waals surface area contributed by atoms with Crippen molar-refractivity contribution in [3.05, 3.63) is 11.4 Å². The minimum absolute atomic E-state index is 0.233. The SMILES string of the molecule is Cc1[nH]nc(C(=O)O)c1S(=O)(=O)NCC1CCCC1. The van der Waals surface area contributed by atoms with E-state index in [0.717, 1.165) is 25.7 Å². The molecular weight excluding hydrogens is 270 g/mol. The Hall–Kier alpha value is -1.41. The first-order valence-electron chi connectivity index (χ1n) is 6.19. The Morgan fingerprint density at radius 2 is 2.11 bits per heavy atom. The van der Waals surface area contributed by atoms with Crippen LogP contribution in [0.2, 0.25) is 0 Å². The minimum atomic E-state index is -3.84. The number of nitrogens with zero attached hydrogens (tertiary/aromatic N) is 1. The first-order chi connectivity index (χ1) is 8.92. The average molecular weight is 287 g/mol. The highest BCUT2D eigenvalue weighted by Gasteiger charge is 2.29. The van der Waals surface area contributed by atoms with E-state index in [9.17, 15) is 13.2 Å². The van der Waals surface area contributed by atoms with E-state index in [4.69, 9.17) is 5.11 Å². The Labute approximate surface area is 111 Å². The molecule has 1 heterocycles. The van der Waals surface area contributed by atoms with E-state index in [2.05, 4.69) is 14.9 Å². The van der Waals surface area contributed by atoms with Crippen LogP contribution in [0.5, 0.6) is 0 Å². The van der Waals surface area contributed by atoms with E-state index in [1.807, 2.05) is 0 Å². The Morgan fingerprint density at radius 3 is 2.68 bits per heavy atom. The Morgan fingerprint density at radius 1 is 1.47 bits per heavy atom. The van der Waals surface area contributed by atoms with Crippen LogP contribution < -0.4 is 4.72 Å². The molecule has 0 unspecified atom stereocenters. The van der Waals surface area contributed by atoms with Gasteiger partial charge in [-0.2, -0.15) is 5.10 Å². The number of aromatic carboxylic acids is 1. The Balaban J connectivity index is 2.19. The van der Waals surface area contributed by atoms with E-state index < -0.39 is 21.7 Å². The van der Waals surface area contributed by atoms with Crippen molar-refractivity contribution in [2.45, 2.75) is 37.5 Å². The fourth-order valence-corrected chi connectivity index (χ4v) is 3.84. The molecule has 1 saturated carbocycles. The number of aromatic amines is 1. The maximum Gasteiger partial charge on any atom is 0.357 e. The summed E-state index contributed by atoms with van der Waals surface area (Å²) in [5.74, 6) is -1.01. The van der Waals surface area contributed by atoms with E-state index in [1.54, 1.807) is 0 Å². The van der Waals surface area contributed by atoms with Gasteiger partial charge in [0.1, 0.15) is 4.90 Å². The van der Waals surface area contributed by atoms with Crippen molar-refractivity contribution in [1.29, 1.82) is 0 Å². The third-order valence-corrected chi connectivity index (χ3v) is 4.98. The number of aromatic nitrogens is 2. The highest BCUT2D eigenvalue weighted by Crippen LogP contribution is 2.25. The van der Waals surface area contributed by atoms with Gasteiger partial charge in [0, 0.05) is 6.54 Å². The monoisotopic (exact) mass is 287 g/mol. The normalized spacial score (nSPS) is 16.9. The standard InChI is InChI=1S/C11H17N3O4S/c1-7-10(9(11(15)16)14-13-7)19(17,18)12-6-8-4-2-3-5-8/h8,12H,2-6H2,1H3,(H,13,14)(H,15,16). The third-order valence-electron chi connectivity index (χ3n) is 3.40. The van der Waals surface area contributed by atoms with Crippen LogP contribution in [0, 0.1) is 12.8 Å². The highest BCUT2D eigenvalue weighted by atomic mass is 32.2. The molecule has 0 atom stereocenters. The number of rotatable bonds is 5. The zero-order chi connectivity index (χ0) is 14.0. The highest BCUT2D eigenvalue weighted by molar-refractivity contribution is 7.89. The molecule has 1 aromatic rings. The van der Waals surface area contributed by atoms with Gasteiger partial charge in [-0.25, -0.2) is 17.9 Å². The summed E-state index contributed by atoms with van der Waals surface area (Å²) in [6, 6.07) is 0. The number of carboxylic acids is 1. The van der Waals surface area contributed by atoms with Gasteiger partial charge in [-0.3, -0.25) is 5.10 Å². The lowest BCUT2D eigenvalue weighted by Gasteiger charge is -2.11. The number of sulfonamides is 1. The number of nitrogens with one attached hydrogen (secondary N) is 2. The van der Waals surface area contributed by atoms with E-state index in [0.29, 0.717) is 12.5 Å². The fourth-order valence-electron chi connectivity index (χ4n) is 2.41. The number of aryl methyl sites for hydroxylation is 1. The molecule has 0 aromatic carbocycles. The molecule has 106 valence electrons. The van der Waals surface area contributed by atoms with E-state index >= 15 is 0 Å². The molecule has 0 bridgehead atoms. The lowest BCUT2D eigenvalue weighted by molar-refractivity contribution is 0.0686. The second kappa shape index (κ2) is 5.30. The van der Waals surface area contributed by atoms with Gasteiger partial charge in [0.25, 0.3) is 0 Å². The number of H-pyrrole nitrogens is 1. The van der Waals surface area contributed by atoms with Crippen molar-refractivity contribution in [2.75, 3.05) is 6.54 Å². The summed E-state index contributed by atoms with van der Waals surface area (Å²) in [4.78, 5) is 10.7. The van der Waals surface area contributed by atoms with Gasteiger partial charge in [0.2, 0.25) is 10.0 Å². The molecule has 1 fully saturated rings. The van der Waals surface area contributed by atoms with Gasteiger partial charge < -0.3 is 5.11 Å². The van der Waals surface area contributed by atoms with Gasteiger partial charge in [-0.15, -0.1) is 0 Å². The van der Waals surface area contributed by atoms with Gasteiger partial charge >= 0.3 is 5.97 Å². The molecular formula is C11H17N3O4S. The summed E-state index contributed by atoms with van der Waals surface area (Å²) in [7, 11) is -3.84. The molecule has 1 aliphatic rings. The summed E-state index contributed by atoms with van der Waals surface area (Å²) >= 11 is 0. The van der Waals surface area contributed by atoms with Crippen molar-refractivity contribution >= 4 is 16.0 Å². The van der Waals surface area contributed by atoms with Crippen LogP contribution in [-0.2, 0) is 10.0 Å². The molecule has 0 radical (unpaired) electrons. The van der Waals surface area contributed by atoms with Gasteiger partial charge in [0.15, 0.2) is 5.69 Å². The third kappa shape index (κ3) is 2.95. The van der Waals surface area contributed by atoms with Gasteiger partial charge in [-0.1, -0.05) is 12.8 Å². The predicted octanol–water partition coefficient (Wildman–Crippen LogP) is 0.885. The fraction of sp³-hybridized carbons (Fsp3) is 0.636. The molecule has 7 nitrogen and oxygen atoms in total.